The summed E-state index contributed by atoms with van der Waals surface area (Å²) in [5, 5.41) is 15.5. The lowest BCUT2D eigenvalue weighted by Gasteiger charge is -2.02. The summed E-state index contributed by atoms with van der Waals surface area (Å²) < 4.78 is 2.33. The van der Waals surface area contributed by atoms with Gasteiger partial charge in [-0.05, 0) is 34.3 Å². The number of thiophene rings is 1. The maximum atomic E-state index is 11.1. The molecular weight excluding hydrogens is 330 g/mol. The van der Waals surface area contributed by atoms with E-state index in [0.29, 0.717) is 11.3 Å². The van der Waals surface area contributed by atoms with E-state index in [2.05, 4.69) is 26.0 Å². The van der Waals surface area contributed by atoms with Crippen LogP contribution in [0.2, 0.25) is 0 Å². The monoisotopic (exact) mass is 337 g/mol. The smallest absolute Gasteiger partial charge is 0.339 e. The molecule has 3 aromatic heterocycles. The molecule has 19 heavy (non-hydrogen) atoms. The van der Waals surface area contributed by atoms with E-state index in [9.17, 15) is 4.79 Å². The second kappa shape index (κ2) is 4.43. The number of fused-ring (bicyclic) bond motifs is 1. The Morgan fingerprint density at radius 1 is 1.53 bits per heavy atom. The molecule has 0 unspecified atom stereocenters. The standard InChI is InChI=1S/C12H8BrN3O2S/c1-6-7(12(17)18)5-14-11-9(13)10(15-16(6)11)8-3-2-4-19-8/h2-5H,1H3,(H,17,18). The van der Waals surface area contributed by atoms with E-state index in [1.807, 2.05) is 17.5 Å². The van der Waals surface area contributed by atoms with Gasteiger partial charge in [0.15, 0.2) is 5.65 Å². The summed E-state index contributed by atoms with van der Waals surface area (Å²) in [6.45, 7) is 1.72. The molecule has 0 radical (unpaired) electrons. The summed E-state index contributed by atoms with van der Waals surface area (Å²) >= 11 is 5.05. The van der Waals surface area contributed by atoms with Gasteiger partial charge in [0.2, 0.25) is 0 Å². The van der Waals surface area contributed by atoms with Crippen molar-refractivity contribution in [1.29, 1.82) is 0 Å². The van der Waals surface area contributed by atoms with Gasteiger partial charge in [-0.25, -0.2) is 14.3 Å². The van der Waals surface area contributed by atoms with Crippen LogP contribution in [0.3, 0.4) is 0 Å². The minimum absolute atomic E-state index is 0.153. The zero-order valence-corrected chi connectivity index (χ0v) is 12.2. The highest BCUT2D eigenvalue weighted by atomic mass is 79.9. The highest BCUT2D eigenvalue weighted by Gasteiger charge is 2.18. The second-order valence-electron chi connectivity index (χ2n) is 3.94. The lowest BCUT2D eigenvalue weighted by Crippen LogP contribution is -2.06. The van der Waals surface area contributed by atoms with E-state index < -0.39 is 5.97 Å². The molecule has 0 fully saturated rings. The van der Waals surface area contributed by atoms with Gasteiger partial charge in [-0.1, -0.05) is 6.07 Å². The number of aromatic nitrogens is 3. The number of carboxylic acids is 1. The molecule has 0 aromatic carbocycles. The highest BCUT2D eigenvalue weighted by Crippen LogP contribution is 2.33. The van der Waals surface area contributed by atoms with Crippen LogP contribution >= 0.6 is 27.3 Å². The molecule has 0 saturated carbocycles. The molecule has 0 amide bonds. The second-order valence-corrected chi connectivity index (χ2v) is 5.68. The van der Waals surface area contributed by atoms with Crippen molar-refractivity contribution in [3.63, 3.8) is 0 Å². The van der Waals surface area contributed by atoms with E-state index in [4.69, 9.17) is 5.11 Å². The predicted octanol–water partition coefficient (Wildman–Crippen LogP) is 3.23. The highest BCUT2D eigenvalue weighted by molar-refractivity contribution is 9.10. The lowest BCUT2D eigenvalue weighted by atomic mass is 10.2. The fourth-order valence-corrected chi connectivity index (χ4v) is 3.26. The zero-order chi connectivity index (χ0) is 13.6. The summed E-state index contributed by atoms with van der Waals surface area (Å²) in [7, 11) is 0. The van der Waals surface area contributed by atoms with Gasteiger partial charge in [-0.2, -0.15) is 5.10 Å². The van der Waals surface area contributed by atoms with Gasteiger partial charge in [-0.15, -0.1) is 11.3 Å². The number of rotatable bonds is 2. The Hall–Kier alpha value is -1.73. The maximum absolute atomic E-state index is 11.1. The van der Waals surface area contributed by atoms with Crippen molar-refractivity contribution in [3.05, 3.63) is 39.4 Å². The normalized spacial score (nSPS) is 11.1. The Kier molecular flexibility index (Phi) is 2.87. The Morgan fingerprint density at radius 3 is 2.95 bits per heavy atom. The lowest BCUT2D eigenvalue weighted by molar-refractivity contribution is 0.0695. The maximum Gasteiger partial charge on any atom is 0.339 e. The van der Waals surface area contributed by atoms with Gasteiger partial charge < -0.3 is 5.11 Å². The molecule has 96 valence electrons. The first kappa shape index (κ1) is 12.3. The molecule has 0 saturated heterocycles. The van der Waals surface area contributed by atoms with Gasteiger partial charge in [0.05, 0.1) is 20.6 Å². The number of nitrogens with zero attached hydrogens (tertiary/aromatic N) is 3. The van der Waals surface area contributed by atoms with Crippen LogP contribution in [0.1, 0.15) is 16.1 Å². The summed E-state index contributed by atoms with van der Waals surface area (Å²) in [6, 6.07) is 3.91. The Bertz CT molecular complexity index is 780. The SMILES string of the molecule is Cc1c(C(=O)O)cnc2c(Br)c(-c3cccs3)nn12. The minimum atomic E-state index is -1.00. The molecule has 3 heterocycles. The third-order valence-electron chi connectivity index (χ3n) is 2.81. The van der Waals surface area contributed by atoms with Crippen LogP contribution in [0.4, 0.5) is 0 Å². The summed E-state index contributed by atoms with van der Waals surface area (Å²) in [5.41, 5.74) is 2.10. The van der Waals surface area contributed by atoms with E-state index in [0.717, 1.165) is 15.0 Å². The van der Waals surface area contributed by atoms with Crippen molar-refractivity contribution >= 4 is 38.9 Å². The molecule has 0 spiro atoms. The first-order chi connectivity index (χ1) is 9.09. The molecule has 3 rings (SSSR count). The zero-order valence-electron chi connectivity index (χ0n) is 9.79. The van der Waals surface area contributed by atoms with Crippen molar-refractivity contribution in [2.45, 2.75) is 6.92 Å². The van der Waals surface area contributed by atoms with Crippen molar-refractivity contribution in [2.75, 3.05) is 0 Å². The molecule has 0 atom stereocenters. The number of carbonyl (C=O) groups is 1. The predicted molar refractivity (Wildman–Crippen MR) is 75.7 cm³/mol. The summed E-state index contributed by atoms with van der Waals surface area (Å²) in [5.74, 6) is -1.00. The van der Waals surface area contributed by atoms with Gasteiger partial charge in [-0.3, -0.25) is 0 Å². The number of aromatic carboxylic acids is 1. The van der Waals surface area contributed by atoms with Crippen molar-refractivity contribution in [1.82, 2.24) is 14.6 Å². The first-order valence-corrected chi connectivity index (χ1v) is 7.08. The van der Waals surface area contributed by atoms with Crippen LogP contribution in [-0.4, -0.2) is 25.7 Å². The molecule has 0 bridgehead atoms. The largest absolute Gasteiger partial charge is 0.478 e. The van der Waals surface area contributed by atoms with Gasteiger partial charge in [0.1, 0.15) is 5.69 Å². The molecular formula is C12H8BrN3O2S. The molecule has 5 nitrogen and oxygen atoms in total. The molecule has 0 aliphatic carbocycles. The van der Waals surface area contributed by atoms with Gasteiger partial charge in [0, 0.05) is 6.20 Å². The summed E-state index contributed by atoms with van der Waals surface area (Å²) in [4.78, 5) is 16.3. The number of aryl methyl sites for hydroxylation is 1. The van der Waals surface area contributed by atoms with Crippen molar-refractivity contribution < 1.29 is 9.90 Å². The Labute approximate surface area is 120 Å². The Balaban J connectivity index is 2.32. The third-order valence-corrected chi connectivity index (χ3v) is 4.42. The average molecular weight is 338 g/mol. The van der Waals surface area contributed by atoms with Crippen LogP contribution in [0.15, 0.2) is 28.2 Å². The molecule has 3 aromatic rings. The van der Waals surface area contributed by atoms with Crippen LogP contribution in [0.25, 0.3) is 16.2 Å². The number of halogens is 1. The van der Waals surface area contributed by atoms with E-state index in [-0.39, 0.29) is 5.56 Å². The molecule has 0 aliphatic rings. The van der Waals surface area contributed by atoms with E-state index in [1.54, 1.807) is 22.8 Å². The fourth-order valence-electron chi connectivity index (χ4n) is 1.85. The van der Waals surface area contributed by atoms with Gasteiger partial charge >= 0.3 is 5.97 Å². The van der Waals surface area contributed by atoms with E-state index >= 15 is 0 Å². The van der Waals surface area contributed by atoms with Crippen LogP contribution in [0.5, 0.6) is 0 Å². The summed E-state index contributed by atoms with van der Waals surface area (Å²) in [6.07, 6.45) is 1.36. The molecule has 1 N–H and O–H groups in total. The fraction of sp³-hybridized carbons (Fsp3) is 0.0833. The quantitative estimate of drug-likeness (QED) is 0.779. The Morgan fingerprint density at radius 2 is 2.32 bits per heavy atom. The third kappa shape index (κ3) is 1.85. The molecule has 0 aliphatic heterocycles. The van der Waals surface area contributed by atoms with E-state index in [1.165, 1.54) is 6.20 Å². The number of hydrogen-bond donors (Lipinski definition) is 1. The van der Waals surface area contributed by atoms with Crippen LogP contribution < -0.4 is 0 Å². The minimum Gasteiger partial charge on any atom is -0.478 e. The van der Waals surface area contributed by atoms with Crippen LogP contribution in [-0.2, 0) is 0 Å². The first-order valence-electron chi connectivity index (χ1n) is 5.40. The van der Waals surface area contributed by atoms with Crippen molar-refractivity contribution in [2.24, 2.45) is 0 Å². The van der Waals surface area contributed by atoms with Crippen molar-refractivity contribution in [3.8, 4) is 10.6 Å². The number of hydrogen-bond acceptors (Lipinski definition) is 4. The van der Waals surface area contributed by atoms with Gasteiger partial charge in [0.25, 0.3) is 0 Å². The number of carboxylic acid groups (broad SMARTS) is 1. The van der Waals surface area contributed by atoms with Crippen LogP contribution in [0, 0.1) is 6.92 Å². The molecule has 7 heteroatoms. The average Bonchev–Trinajstić information content (AvgIpc) is 2.98. The topological polar surface area (TPSA) is 67.5 Å².